The second-order valence-electron chi connectivity index (χ2n) is 8.82. The van der Waals surface area contributed by atoms with Gasteiger partial charge in [-0.3, -0.25) is 4.79 Å². The van der Waals surface area contributed by atoms with Crippen molar-refractivity contribution in [2.75, 3.05) is 24.9 Å². The Hall–Kier alpha value is -4.47. The highest BCUT2D eigenvalue weighted by molar-refractivity contribution is 5.93. The zero-order valence-electron chi connectivity index (χ0n) is 19.7. The SMILES string of the molecule is COc1cc(NC(=O)NC2C3Oc4ccc(Oc5ccnc6c5CCC(=O)N6)cc4C23)cc(OC)c1. The van der Waals surface area contributed by atoms with Crippen LogP contribution in [0.2, 0.25) is 0 Å². The molecule has 10 heteroatoms. The number of anilines is 2. The molecule has 10 nitrogen and oxygen atoms in total. The summed E-state index contributed by atoms with van der Waals surface area (Å²) >= 11 is 0. The molecule has 3 aliphatic rings. The van der Waals surface area contributed by atoms with E-state index in [9.17, 15) is 9.59 Å². The van der Waals surface area contributed by atoms with E-state index in [4.69, 9.17) is 18.9 Å². The Morgan fingerprint density at radius 3 is 2.64 bits per heavy atom. The summed E-state index contributed by atoms with van der Waals surface area (Å²) in [4.78, 5) is 28.6. The van der Waals surface area contributed by atoms with Crippen molar-refractivity contribution < 1.29 is 28.5 Å². The van der Waals surface area contributed by atoms with Crippen molar-refractivity contribution in [1.29, 1.82) is 0 Å². The fourth-order valence-electron chi connectivity index (χ4n) is 4.75. The lowest BCUT2D eigenvalue weighted by molar-refractivity contribution is -0.116. The Labute approximate surface area is 206 Å². The Bertz CT molecular complexity index is 1350. The van der Waals surface area contributed by atoms with Crippen LogP contribution in [0.15, 0.2) is 48.7 Å². The van der Waals surface area contributed by atoms with Crippen molar-refractivity contribution in [2.45, 2.75) is 30.9 Å². The summed E-state index contributed by atoms with van der Waals surface area (Å²) in [6.07, 6.45) is 2.46. The molecule has 2 aliphatic heterocycles. The number of aromatic nitrogens is 1. The fourth-order valence-corrected chi connectivity index (χ4v) is 4.75. The lowest BCUT2D eigenvalue weighted by atomic mass is 10.1. The zero-order valence-corrected chi connectivity index (χ0v) is 19.7. The summed E-state index contributed by atoms with van der Waals surface area (Å²) in [5.41, 5.74) is 2.42. The minimum atomic E-state index is -0.340. The summed E-state index contributed by atoms with van der Waals surface area (Å²) in [5.74, 6) is 3.80. The van der Waals surface area contributed by atoms with Gasteiger partial charge in [-0.25, -0.2) is 9.78 Å². The molecule has 6 rings (SSSR count). The molecule has 1 aliphatic carbocycles. The van der Waals surface area contributed by atoms with Gasteiger partial charge in [0.05, 0.1) is 26.2 Å². The maximum atomic E-state index is 12.7. The van der Waals surface area contributed by atoms with Gasteiger partial charge in [-0.1, -0.05) is 0 Å². The summed E-state index contributed by atoms with van der Waals surface area (Å²) in [6, 6.07) is 12.1. The van der Waals surface area contributed by atoms with Gasteiger partial charge in [-0.2, -0.15) is 0 Å². The number of benzene rings is 2. The van der Waals surface area contributed by atoms with Gasteiger partial charge in [0.2, 0.25) is 5.91 Å². The number of ether oxygens (including phenoxy) is 4. The second kappa shape index (κ2) is 8.63. The molecule has 3 heterocycles. The number of rotatable bonds is 6. The molecule has 0 spiro atoms. The Kier molecular flexibility index (Phi) is 5.28. The van der Waals surface area contributed by atoms with Gasteiger partial charge < -0.3 is 34.9 Å². The Balaban J connectivity index is 1.13. The van der Waals surface area contributed by atoms with Gasteiger partial charge >= 0.3 is 6.03 Å². The quantitative estimate of drug-likeness (QED) is 0.482. The van der Waals surface area contributed by atoms with Gasteiger partial charge in [0.25, 0.3) is 0 Å². The van der Waals surface area contributed by atoms with Crippen molar-refractivity contribution in [2.24, 2.45) is 0 Å². The van der Waals surface area contributed by atoms with Crippen molar-refractivity contribution in [1.82, 2.24) is 10.3 Å². The van der Waals surface area contributed by atoms with Gasteiger partial charge in [-0.05, 0) is 30.7 Å². The average molecular weight is 489 g/mol. The molecule has 1 saturated carbocycles. The molecular formula is C26H24N4O6. The van der Waals surface area contributed by atoms with E-state index in [1.165, 1.54) is 0 Å². The molecule has 0 bridgehead atoms. The van der Waals surface area contributed by atoms with E-state index in [0.29, 0.717) is 47.3 Å². The molecule has 1 aromatic heterocycles. The third kappa shape index (κ3) is 4.00. The predicted octanol–water partition coefficient (Wildman–Crippen LogP) is 3.82. The van der Waals surface area contributed by atoms with Crippen molar-refractivity contribution >= 4 is 23.4 Å². The van der Waals surface area contributed by atoms with Crippen LogP contribution in [0.5, 0.6) is 28.7 Å². The number of carbonyl (C=O) groups excluding carboxylic acids is 2. The van der Waals surface area contributed by atoms with E-state index in [2.05, 4.69) is 20.9 Å². The highest BCUT2D eigenvalue weighted by atomic mass is 16.5. The van der Waals surface area contributed by atoms with Crippen LogP contribution < -0.4 is 34.9 Å². The molecule has 3 unspecified atom stereocenters. The lowest BCUT2D eigenvalue weighted by Gasteiger charge is -2.19. The monoisotopic (exact) mass is 488 g/mol. The summed E-state index contributed by atoms with van der Waals surface area (Å²) in [7, 11) is 3.11. The predicted molar refractivity (Wildman–Crippen MR) is 130 cm³/mol. The van der Waals surface area contributed by atoms with Gasteiger partial charge in [0, 0.05) is 47.6 Å². The number of pyridine rings is 1. The number of nitrogens with zero attached hydrogens (tertiary/aromatic N) is 1. The van der Waals surface area contributed by atoms with Crippen LogP contribution in [-0.4, -0.2) is 43.3 Å². The number of urea groups is 1. The van der Waals surface area contributed by atoms with E-state index in [1.54, 1.807) is 44.7 Å². The van der Waals surface area contributed by atoms with E-state index < -0.39 is 0 Å². The van der Waals surface area contributed by atoms with E-state index in [1.807, 2.05) is 18.2 Å². The normalized spacial score (nSPS) is 20.6. The average Bonchev–Trinajstić information content (AvgIpc) is 3.39. The number of hydrogen-bond donors (Lipinski definition) is 3. The van der Waals surface area contributed by atoms with Crippen LogP contribution in [0.3, 0.4) is 0 Å². The Morgan fingerprint density at radius 2 is 1.86 bits per heavy atom. The number of nitrogens with one attached hydrogen (secondary N) is 3. The van der Waals surface area contributed by atoms with Gasteiger partial charge in [0.15, 0.2) is 0 Å². The summed E-state index contributed by atoms with van der Waals surface area (Å²) < 4.78 is 22.7. The molecule has 3 N–H and O–H groups in total. The zero-order chi connectivity index (χ0) is 24.8. The van der Waals surface area contributed by atoms with Crippen molar-refractivity contribution in [3.63, 3.8) is 0 Å². The summed E-state index contributed by atoms with van der Waals surface area (Å²) in [6.45, 7) is 0. The maximum Gasteiger partial charge on any atom is 0.319 e. The number of carbonyl (C=O) groups is 2. The van der Waals surface area contributed by atoms with Crippen molar-refractivity contribution in [3.05, 3.63) is 59.8 Å². The number of hydrogen-bond acceptors (Lipinski definition) is 7. The fraction of sp³-hybridized carbons (Fsp3) is 0.269. The lowest BCUT2D eigenvalue weighted by Crippen LogP contribution is -2.34. The van der Waals surface area contributed by atoms with E-state index in [0.717, 1.165) is 16.9 Å². The van der Waals surface area contributed by atoms with E-state index in [-0.39, 0.29) is 30.0 Å². The minimum Gasteiger partial charge on any atom is -0.497 e. The van der Waals surface area contributed by atoms with Crippen molar-refractivity contribution in [3.8, 4) is 28.7 Å². The van der Waals surface area contributed by atoms with Crippen LogP contribution >= 0.6 is 0 Å². The largest absolute Gasteiger partial charge is 0.497 e. The van der Waals surface area contributed by atoms with Crippen LogP contribution in [0.25, 0.3) is 0 Å². The molecule has 1 fully saturated rings. The number of amides is 3. The molecule has 0 saturated heterocycles. The highest BCUT2D eigenvalue weighted by Gasteiger charge is 2.59. The Morgan fingerprint density at radius 1 is 1.06 bits per heavy atom. The molecule has 36 heavy (non-hydrogen) atoms. The van der Waals surface area contributed by atoms with Crippen LogP contribution in [0, 0.1) is 0 Å². The topological polar surface area (TPSA) is 120 Å². The first-order chi connectivity index (χ1) is 17.5. The number of methoxy groups -OCH3 is 2. The molecule has 3 amide bonds. The number of fused-ring (bicyclic) bond motifs is 4. The van der Waals surface area contributed by atoms with Crippen LogP contribution in [-0.2, 0) is 11.2 Å². The molecule has 2 aromatic carbocycles. The third-order valence-electron chi connectivity index (χ3n) is 6.56. The third-order valence-corrected chi connectivity index (χ3v) is 6.56. The first kappa shape index (κ1) is 22.0. The molecule has 3 atom stereocenters. The molecular weight excluding hydrogens is 464 g/mol. The smallest absolute Gasteiger partial charge is 0.319 e. The van der Waals surface area contributed by atoms with Crippen LogP contribution in [0.4, 0.5) is 16.3 Å². The van der Waals surface area contributed by atoms with Crippen LogP contribution in [0.1, 0.15) is 23.5 Å². The summed E-state index contributed by atoms with van der Waals surface area (Å²) in [5, 5.41) is 8.60. The highest BCUT2D eigenvalue weighted by Crippen LogP contribution is 2.54. The van der Waals surface area contributed by atoms with Gasteiger partial charge in [0.1, 0.15) is 40.7 Å². The maximum absolute atomic E-state index is 12.7. The first-order valence-electron chi connectivity index (χ1n) is 11.6. The molecule has 184 valence electrons. The first-order valence-corrected chi connectivity index (χ1v) is 11.6. The van der Waals surface area contributed by atoms with E-state index >= 15 is 0 Å². The van der Waals surface area contributed by atoms with Gasteiger partial charge in [-0.15, -0.1) is 0 Å². The minimum absolute atomic E-state index is 0.0415. The standard InChI is InChI=1S/C26H24N4O6/c1-33-15-9-13(10-16(11-15)34-2)28-26(32)30-23-22-18-12-14(3-5-19(18)36-24(22)23)35-20-7-8-27-25-17(20)4-6-21(31)29-25/h3,5,7-12,22-24H,4,6H2,1-2H3,(H,27,29,31)(H2,28,30,32). The molecule has 0 radical (unpaired) electrons. The second-order valence-corrected chi connectivity index (χ2v) is 8.82. The molecule has 3 aromatic rings.